The first-order valence-electron chi connectivity index (χ1n) is 13.0. The number of hydrogen-bond donors (Lipinski definition) is 1. The van der Waals surface area contributed by atoms with Gasteiger partial charge >= 0.3 is 0 Å². The summed E-state index contributed by atoms with van der Waals surface area (Å²) in [6.07, 6.45) is 9.40. The Morgan fingerprint density at radius 2 is 1.86 bits per heavy atom. The zero-order valence-electron chi connectivity index (χ0n) is 21.0. The van der Waals surface area contributed by atoms with Crippen molar-refractivity contribution in [1.29, 1.82) is 0 Å². The normalized spacial score (nSPS) is 20.9. The van der Waals surface area contributed by atoms with Crippen molar-refractivity contribution in [2.24, 2.45) is 0 Å². The van der Waals surface area contributed by atoms with E-state index in [0.717, 1.165) is 31.4 Å². The molecule has 2 aromatic heterocycles. The van der Waals surface area contributed by atoms with Crippen molar-refractivity contribution in [3.63, 3.8) is 0 Å². The summed E-state index contributed by atoms with van der Waals surface area (Å²) in [6, 6.07) is 12.8. The number of nitrogens with one attached hydrogen (secondary N) is 1. The molecular formula is C28H34N4O4. The van der Waals surface area contributed by atoms with E-state index in [4.69, 9.17) is 9.15 Å². The van der Waals surface area contributed by atoms with Gasteiger partial charge in [0, 0.05) is 17.8 Å². The molecule has 1 fully saturated rings. The number of rotatable bonds is 6. The zero-order valence-corrected chi connectivity index (χ0v) is 21.0. The van der Waals surface area contributed by atoms with E-state index < -0.39 is 5.54 Å². The minimum Gasteiger partial charge on any atom is -0.494 e. The molecule has 1 aromatic carbocycles. The summed E-state index contributed by atoms with van der Waals surface area (Å²) >= 11 is 0. The SMILES string of the molecule is CCOc1ccc(N2C(=O)c3cc(-c4ccco4)nn3C[C@@]2(C)C(=O)NC2CCCCCCC2)cc1. The Labute approximate surface area is 211 Å². The lowest BCUT2D eigenvalue weighted by Crippen LogP contribution is -2.65. The van der Waals surface area contributed by atoms with E-state index in [2.05, 4.69) is 10.4 Å². The van der Waals surface area contributed by atoms with E-state index in [1.54, 1.807) is 28.0 Å². The number of anilines is 1. The van der Waals surface area contributed by atoms with Crippen LogP contribution in [0.1, 0.15) is 69.3 Å². The largest absolute Gasteiger partial charge is 0.494 e. The smallest absolute Gasteiger partial charge is 0.277 e. The van der Waals surface area contributed by atoms with E-state index in [1.807, 2.05) is 44.2 Å². The second kappa shape index (κ2) is 10.2. The van der Waals surface area contributed by atoms with E-state index >= 15 is 0 Å². The highest BCUT2D eigenvalue weighted by molar-refractivity contribution is 6.12. The molecule has 2 amide bonds. The minimum absolute atomic E-state index is 0.115. The first kappa shape index (κ1) is 24.2. The van der Waals surface area contributed by atoms with Gasteiger partial charge in [0.25, 0.3) is 5.91 Å². The van der Waals surface area contributed by atoms with Gasteiger partial charge in [0.1, 0.15) is 22.7 Å². The molecule has 1 saturated carbocycles. The molecule has 2 aliphatic rings. The number of benzene rings is 1. The summed E-state index contributed by atoms with van der Waals surface area (Å²) in [7, 11) is 0. The molecular weight excluding hydrogens is 456 g/mol. The monoisotopic (exact) mass is 490 g/mol. The molecule has 8 nitrogen and oxygen atoms in total. The van der Waals surface area contributed by atoms with E-state index in [0.29, 0.717) is 29.4 Å². The van der Waals surface area contributed by atoms with Crippen LogP contribution in [-0.4, -0.2) is 39.8 Å². The van der Waals surface area contributed by atoms with Crippen LogP contribution in [0.25, 0.3) is 11.5 Å². The lowest BCUT2D eigenvalue weighted by molar-refractivity contribution is -0.127. The van der Waals surface area contributed by atoms with Crippen molar-refractivity contribution in [1.82, 2.24) is 15.1 Å². The molecule has 0 saturated heterocycles. The van der Waals surface area contributed by atoms with Crippen LogP contribution in [0.2, 0.25) is 0 Å². The fourth-order valence-electron chi connectivity index (χ4n) is 5.33. The van der Waals surface area contributed by atoms with Crippen LogP contribution in [0.15, 0.2) is 53.1 Å². The molecule has 0 radical (unpaired) electrons. The number of carbonyl (C=O) groups excluding carboxylic acids is 2. The lowest BCUT2D eigenvalue weighted by Gasteiger charge is -2.43. The highest BCUT2D eigenvalue weighted by atomic mass is 16.5. The quantitative estimate of drug-likeness (QED) is 0.514. The molecule has 5 rings (SSSR count). The number of amides is 2. The van der Waals surface area contributed by atoms with Crippen LogP contribution in [0.3, 0.4) is 0 Å². The van der Waals surface area contributed by atoms with Crippen LogP contribution >= 0.6 is 0 Å². The lowest BCUT2D eigenvalue weighted by atomic mass is 9.91. The summed E-state index contributed by atoms with van der Waals surface area (Å²) in [5, 5.41) is 7.93. The Kier molecular flexibility index (Phi) is 6.85. The van der Waals surface area contributed by atoms with Gasteiger partial charge in [-0.15, -0.1) is 0 Å². The van der Waals surface area contributed by atoms with Gasteiger partial charge < -0.3 is 14.5 Å². The third-order valence-electron chi connectivity index (χ3n) is 7.26. The molecule has 1 aliphatic heterocycles. The fraction of sp³-hybridized carbons (Fsp3) is 0.464. The van der Waals surface area contributed by atoms with E-state index in [-0.39, 0.29) is 24.4 Å². The molecule has 8 heteroatoms. The van der Waals surface area contributed by atoms with Crippen molar-refractivity contribution in [3.8, 4) is 17.2 Å². The van der Waals surface area contributed by atoms with Crippen LogP contribution in [0.4, 0.5) is 5.69 Å². The summed E-state index contributed by atoms with van der Waals surface area (Å²) in [5.74, 6) is 0.872. The Balaban J connectivity index is 1.51. The van der Waals surface area contributed by atoms with Crippen molar-refractivity contribution >= 4 is 17.5 Å². The molecule has 3 aromatic rings. The molecule has 36 heavy (non-hydrogen) atoms. The Hall–Kier alpha value is -3.55. The van der Waals surface area contributed by atoms with Crippen molar-refractivity contribution in [2.75, 3.05) is 11.5 Å². The highest BCUT2D eigenvalue weighted by Crippen LogP contribution is 2.35. The Morgan fingerprint density at radius 1 is 1.14 bits per heavy atom. The molecule has 3 heterocycles. The summed E-state index contributed by atoms with van der Waals surface area (Å²) in [4.78, 5) is 29.5. The molecule has 1 N–H and O–H groups in total. The average molecular weight is 491 g/mol. The molecule has 0 unspecified atom stereocenters. The number of fused-ring (bicyclic) bond motifs is 1. The van der Waals surface area contributed by atoms with Gasteiger partial charge in [-0.2, -0.15) is 5.10 Å². The molecule has 0 spiro atoms. The van der Waals surface area contributed by atoms with Gasteiger partial charge in [-0.25, -0.2) is 0 Å². The maximum absolute atomic E-state index is 13.9. The first-order valence-corrected chi connectivity index (χ1v) is 13.0. The van der Waals surface area contributed by atoms with Gasteiger partial charge in [-0.05, 0) is 63.1 Å². The number of hydrogen-bond acceptors (Lipinski definition) is 5. The van der Waals surface area contributed by atoms with Crippen LogP contribution in [0.5, 0.6) is 5.75 Å². The number of carbonyl (C=O) groups is 2. The number of nitrogens with zero attached hydrogens (tertiary/aromatic N) is 3. The fourth-order valence-corrected chi connectivity index (χ4v) is 5.33. The predicted molar refractivity (Wildman–Crippen MR) is 137 cm³/mol. The van der Waals surface area contributed by atoms with Gasteiger partial charge in [0.05, 0.1) is 19.4 Å². The summed E-state index contributed by atoms with van der Waals surface area (Å²) in [6.45, 7) is 4.55. The van der Waals surface area contributed by atoms with Crippen molar-refractivity contribution in [2.45, 2.75) is 76.9 Å². The molecule has 1 atom stereocenters. The van der Waals surface area contributed by atoms with E-state index in [9.17, 15) is 9.59 Å². The second-order valence-electron chi connectivity index (χ2n) is 9.91. The van der Waals surface area contributed by atoms with E-state index in [1.165, 1.54) is 19.3 Å². The maximum atomic E-state index is 13.9. The van der Waals surface area contributed by atoms with Crippen molar-refractivity contribution < 1.29 is 18.7 Å². The zero-order chi connectivity index (χ0) is 25.1. The number of ether oxygens (including phenoxy) is 1. The Morgan fingerprint density at radius 3 is 2.53 bits per heavy atom. The van der Waals surface area contributed by atoms with Gasteiger partial charge in [0.15, 0.2) is 5.76 Å². The molecule has 190 valence electrons. The number of aromatic nitrogens is 2. The molecule has 0 bridgehead atoms. The van der Waals surface area contributed by atoms with Gasteiger partial charge in [-0.3, -0.25) is 19.2 Å². The predicted octanol–water partition coefficient (Wildman–Crippen LogP) is 5.19. The number of furan rings is 1. The first-order chi connectivity index (χ1) is 17.5. The maximum Gasteiger partial charge on any atom is 0.277 e. The van der Waals surface area contributed by atoms with Crippen LogP contribution in [-0.2, 0) is 11.3 Å². The third-order valence-corrected chi connectivity index (χ3v) is 7.26. The third kappa shape index (κ3) is 4.64. The molecule has 1 aliphatic carbocycles. The Bertz CT molecular complexity index is 1190. The van der Waals surface area contributed by atoms with Gasteiger partial charge in [-0.1, -0.05) is 32.1 Å². The standard InChI is InChI=1S/C28H34N4O4/c1-3-35-22-15-13-21(14-16-22)32-26(33)24-18-23(25-12-9-17-36-25)30-31(24)19-28(32,2)27(34)29-20-10-7-5-4-6-8-11-20/h9,12-18,20H,3-8,10-11,19H2,1-2H3,(H,29,34)/t28-/m0/s1. The minimum atomic E-state index is -1.16. The topological polar surface area (TPSA) is 89.6 Å². The summed E-state index contributed by atoms with van der Waals surface area (Å²) < 4.78 is 12.7. The second-order valence-corrected chi connectivity index (χ2v) is 9.91. The van der Waals surface area contributed by atoms with Crippen LogP contribution < -0.4 is 15.0 Å². The summed E-state index contributed by atoms with van der Waals surface area (Å²) in [5.41, 5.74) is 0.475. The van der Waals surface area contributed by atoms with Crippen molar-refractivity contribution in [3.05, 3.63) is 54.4 Å². The van der Waals surface area contributed by atoms with Crippen LogP contribution in [0, 0.1) is 0 Å². The highest BCUT2D eigenvalue weighted by Gasteiger charge is 2.49. The average Bonchev–Trinajstić information content (AvgIpc) is 3.52. The van der Waals surface area contributed by atoms with Gasteiger partial charge in [0.2, 0.25) is 5.91 Å².